The molecule has 0 bridgehead atoms. The second-order valence-corrected chi connectivity index (χ2v) is 11.2. The molecule has 2 nitrogen and oxygen atoms in total. The van der Waals surface area contributed by atoms with Gasteiger partial charge in [0, 0.05) is 27.1 Å². The SMILES string of the molecule is c1ccc2c(c1)-c1cccc3c(-c4cccc5oc6cc(-c7cccc8c7oc7ccccc78)ccc6c45)ccc-2c13. The van der Waals surface area contributed by atoms with Crippen LogP contribution < -0.4 is 0 Å². The molecule has 0 amide bonds. The van der Waals surface area contributed by atoms with Crippen molar-refractivity contribution in [3.05, 3.63) is 133 Å². The van der Waals surface area contributed by atoms with Crippen LogP contribution in [0.4, 0.5) is 0 Å². The maximum atomic E-state index is 6.54. The predicted octanol–water partition coefficient (Wildman–Crippen LogP) is 11.6. The lowest BCUT2D eigenvalue weighted by Crippen LogP contribution is -1.85. The van der Waals surface area contributed by atoms with Gasteiger partial charge in [-0.05, 0) is 74.0 Å². The normalized spacial score (nSPS) is 12.3. The molecule has 1 aliphatic rings. The van der Waals surface area contributed by atoms with Crippen LogP contribution in [0.1, 0.15) is 0 Å². The zero-order valence-electron chi connectivity index (χ0n) is 22.5. The summed E-state index contributed by atoms with van der Waals surface area (Å²) >= 11 is 0. The Morgan fingerprint density at radius 1 is 0.310 bits per heavy atom. The van der Waals surface area contributed by atoms with Gasteiger partial charge in [-0.2, -0.15) is 0 Å². The second kappa shape index (κ2) is 7.99. The summed E-state index contributed by atoms with van der Waals surface area (Å²) in [7, 11) is 0. The fourth-order valence-corrected chi connectivity index (χ4v) is 7.24. The lowest BCUT2D eigenvalue weighted by Gasteiger charge is -2.11. The first kappa shape index (κ1) is 22.1. The first-order valence-corrected chi connectivity index (χ1v) is 14.4. The van der Waals surface area contributed by atoms with Crippen LogP contribution in [0.5, 0.6) is 0 Å². The van der Waals surface area contributed by atoms with Gasteiger partial charge >= 0.3 is 0 Å². The summed E-state index contributed by atoms with van der Waals surface area (Å²) in [5.74, 6) is 0. The molecule has 10 rings (SSSR count). The summed E-state index contributed by atoms with van der Waals surface area (Å²) in [6.45, 7) is 0. The Balaban J connectivity index is 1.20. The van der Waals surface area contributed by atoms with Gasteiger partial charge in [0.1, 0.15) is 22.3 Å². The monoisotopic (exact) mass is 534 g/mol. The van der Waals surface area contributed by atoms with Crippen LogP contribution in [0.15, 0.2) is 142 Å². The van der Waals surface area contributed by atoms with E-state index in [0.717, 1.165) is 55.0 Å². The minimum Gasteiger partial charge on any atom is -0.456 e. The molecule has 0 spiro atoms. The van der Waals surface area contributed by atoms with Gasteiger partial charge in [-0.25, -0.2) is 0 Å². The van der Waals surface area contributed by atoms with Crippen LogP contribution in [0.2, 0.25) is 0 Å². The summed E-state index contributed by atoms with van der Waals surface area (Å²) in [5.41, 5.74) is 13.4. The maximum Gasteiger partial charge on any atom is 0.143 e. The minimum absolute atomic E-state index is 0.876. The Morgan fingerprint density at radius 3 is 1.81 bits per heavy atom. The number of fused-ring (bicyclic) bond motifs is 9. The van der Waals surface area contributed by atoms with Crippen molar-refractivity contribution >= 4 is 54.6 Å². The van der Waals surface area contributed by atoms with Crippen molar-refractivity contribution in [1.29, 1.82) is 0 Å². The van der Waals surface area contributed by atoms with Gasteiger partial charge in [0.2, 0.25) is 0 Å². The molecular formula is C40H22O2. The van der Waals surface area contributed by atoms with E-state index >= 15 is 0 Å². The molecule has 2 heteroatoms. The Bertz CT molecular complexity index is 2550. The first-order chi connectivity index (χ1) is 20.8. The highest BCUT2D eigenvalue weighted by Gasteiger charge is 2.23. The average Bonchev–Trinajstić information content (AvgIpc) is 3.72. The van der Waals surface area contributed by atoms with E-state index < -0.39 is 0 Å². The zero-order valence-corrected chi connectivity index (χ0v) is 22.5. The van der Waals surface area contributed by atoms with Crippen molar-refractivity contribution < 1.29 is 8.83 Å². The van der Waals surface area contributed by atoms with Crippen LogP contribution in [0.3, 0.4) is 0 Å². The smallest absolute Gasteiger partial charge is 0.143 e. The standard InChI is InChI=1S/C40H22O2/c1-2-9-26-25(8-1)29-12-6-13-30-27(20-21-32(26)38(29)30)31-14-7-17-36-39(31)34-19-18-23(22-37(34)41-36)24-11-5-15-33-28-10-3-4-16-35(28)42-40(24)33/h1-22H. The van der Waals surface area contributed by atoms with E-state index in [4.69, 9.17) is 8.83 Å². The molecule has 0 saturated carbocycles. The summed E-state index contributed by atoms with van der Waals surface area (Å²) in [6, 6.07) is 47.6. The van der Waals surface area contributed by atoms with Gasteiger partial charge in [-0.15, -0.1) is 0 Å². The predicted molar refractivity (Wildman–Crippen MR) is 174 cm³/mol. The third kappa shape index (κ3) is 2.83. The molecule has 0 radical (unpaired) electrons. The number of para-hydroxylation sites is 2. The van der Waals surface area contributed by atoms with E-state index in [1.165, 1.54) is 44.2 Å². The van der Waals surface area contributed by atoms with Gasteiger partial charge in [-0.1, -0.05) is 109 Å². The van der Waals surface area contributed by atoms with Gasteiger partial charge < -0.3 is 8.83 Å². The number of hydrogen-bond donors (Lipinski definition) is 0. The molecule has 9 aromatic rings. The fourth-order valence-electron chi connectivity index (χ4n) is 7.24. The number of hydrogen-bond acceptors (Lipinski definition) is 2. The molecule has 42 heavy (non-hydrogen) atoms. The van der Waals surface area contributed by atoms with Crippen LogP contribution in [-0.4, -0.2) is 0 Å². The highest BCUT2D eigenvalue weighted by molar-refractivity contribution is 6.22. The third-order valence-electron chi connectivity index (χ3n) is 9.05. The molecule has 0 N–H and O–H groups in total. The summed E-state index contributed by atoms with van der Waals surface area (Å²) in [6.07, 6.45) is 0. The summed E-state index contributed by atoms with van der Waals surface area (Å²) in [5, 5.41) is 7.14. The molecule has 0 atom stereocenters. The van der Waals surface area contributed by atoms with Crippen molar-refractivity contribution in [2.24, 2.45) is 0 Å². The quantitative estimate of drug-likeness (QED) is 0.220. The van der Waals surface area contributed by atoms with Crippen molar-refractivity contribution in [2.75, 3.05) is 0 Å². The Labute approximate surface area is 241 Å². The maximum absolute atomic E-state index is 6.54. The molecule has 0 unspecified atom stereocenters. The lowest BCUT2D eigenvalue weighted by molar-refractivity contribution is 0.668. The zero-order chi connectivity index (χ0) is 27.4. The topological polar surface area (TPSA) is 26.3 Å². The van der Waals surface area contributed by atoms with Crippen molar-refractivity contribution in [3.8, 4) is 44.5 Å². The van der Waals surface area contributed by atoms with Crippen LogP contribution in [-0.2, 0) is 0 Å². The first-order valence-electron chi connectivity index (χ1n) is 14.4. The number of rotatable bonds is 2. The molecule has 0 saturated heterocycles. The Hall–Kier alpha value is -5.60. The number of furan rings is 2. The molecule has 0 fully saturated rings. The highest BCUT2D eigenvalue weighted by atomic mass is 16.3. The van der Waals surface area contributed by atoms with Crippen LogP contribution in [0.25, 0.3) is 99.2 Å². The van der Waals surface area contributed by atoms with E-state index in [-0.39, 0.29) is 0 Å². The van der Waals surface area contributed by atoms with E-state index in [1.807, 2.05) is 12.1 Å². The minimum atomic E-state index is 0.876. The fraction of sp³-hybridized carbons (Fsp3) is 0. The van der Waals surface area contributed by atoms with Gasteiger partial charge in [0.05, 0.1) is 0 Å². The van der Waals surface area contributed by atoms with Gasteiger partial charge in [-0.3, -0.25) is 0 Å². The highest BCUT2D eigenvalue weighted by Crippen LogP contribution is 2.50. The molecule has 7 aromatic carbocycles. The van der Waals surface area contributed by atoms with Gasteiger partial charge in [0.15, 0.2) is 0 Å². The molecule has 0 aliphatic heterocycles. The van der Waals surface area contributed by atoms with Crippen molar-refractivity contribution in [1.82, 2.24) is 0 Å². The van der Waals surface area contributed by atoms with Gasteiger partial charge in [0.25, 0.3) is 0 Å². The van der Waals surface area contributed by atoms with Crippen molar-refractivity contribution in [2.45, 2.75) is 0 Å². The molecule has 194 valence electrons. The number of benzene rings is 7. The second-order valence-electron chi connectivity index (χ2n) is 11.2. The molecule has 2 aromatic heterocycles. The molecule has 1 aliphatic carbocycles. The molecular weight excluding hydrogens is 512 g/mol. The Kier molecular flexibility index (Phi) is 4.21. The van der Waals surface area contributed by atoms with E-state index in [0.29, 0.717) is 0 Å². The summed E-state index contributed by atoms with van der Waals surface area (Å²) < 4.78 is 12.9. The molecule has 2 heterocycles. The third-order valence-corrected chi connectivity index (χ3v) is 9.05. The Morgan fingerprint density at radius 2 is 0.929 bits per heavy atom. The van der Waals surface area contributed by atoms with E-state index in [1.54, 1.807) is 0 Å². The lowest BCUT2D eigenvalue weighted by atomic mass is 9.92. The van der Waals surface area contributed by atoms with E-state index in [2.05, 4.69) is 121 Å². The largest absolute Gasteiger partial charge is 0.456 e. The van der Waals surface area contributed by atoms with Crippen molar-refractivity contribution in [3.63, 3.8) is 0 Å². The summed E-state index contributed by atoms with van der Waals surface area (Å²) in [4.78, 5) is 0. The van der Waals surface area contributed by atoms with Crippen LogP contribution in [0, 0.1) is 0 Å². The van der Waals surface area contributed by atoms with E-state index in [9.17, 15) is 0 Å². The average molecular weight is 535 g/mol. The van der Waals surface area contributed by atoms with Crippen LogP contribution >= 0.6 is 0 Å².